The molecule has 4 N–H and O–H groups in total. The Bertz CT molecular complexity index is 572. The molecule has 1 aliphatic heterocycles. The zero-order valence-corrected chi connectivity index (χ0v) is 12.0. The molecule has 7 heteroatoms. The SMILES string of the molecule is CC(C)(CN)C(=O)Nc1cc2c(cc1Cl)NC(=O)CO2. The molecule has 1 aliphatic rings. The topological polar surface area (TPSA) is 93.5 Å². The highest BCUT2D eigenvalue weighted by atomic mass is 35.5. The molecule has 0 aliphatic carbocycles. The molecule has 0 spiro atoms. The average Bonchev–Trinajstić information content (AvgIpc) is 2.39. The lowest BCUT2D eigenvalue weighted by Gasteiger charge is -2.23. The quantitative estimate of drug-likeness (QED) is 0.790. The van der Waals surface area contributed by atoms with Crippen LogP contribution in [-0.2, 0) is 9.59 Å². The normalized spacial score (nSPS) is 14.1. The molecule has 2 rings (SSSR count). The van der Waals surface area contributed by atoms with Gasteiger partial charge < -0.3 is 21.1 Å². The minimum Gasteiger partial charge on any atom is -0.482 e. The Labute approximate surface area is 121 Å². The van der Waals surface area contributed by atoms with E-state index in [0.29, 0.717) is 22.1 Å². The second kappa shape index (κ2) is 5.30. The fraction of sp³-hybridized carbons (Fsp3) is 0.385. The Morgan fingerprint density at radius 3 is 2.90 bits per heavy atom. The molecule has 0 aromatic heterocycles. The molecule has 0 saturated carbocycles. The Morgan fingerprint density at radius 1 is 1.55 bits per heavy atom. The van der Waals surface area contributed by atoms with Gasteiger partial charge in [-0.25, -0.2) is 0 Å². The molecular formula is C13H16ClN3O3. The van der Waals surface area contributed by atoms with Gasteiger partial charge in [0.15, 0.2) is 6.61 Å². The minimum absolute atomic E-state index is 0.0592. The monoisotopic (exact) mass is 297 g/mol. The number of nitrogens with two attached hydrogens (primary N) is 1. The molecule has 2 amide bonds. The van der Waals surface area contributed by atoms with Crippen LogP contribution < -0.4 is 21.1 Å². The highest BCUT2D eigenvalue weighted by Crippen LogP contribution is 2.36. The summed E-state index contributed by atoms with van der Waals surface area (Å²) in [7, 11) is 0. The van der Waals surface area contributed by atoms with E-state index < -0.39 is 5.41 Å². The fourth-order valence-electron chi connectivity index (χ4n) is 1.58. The van der Waals surface area contributed by atoms with E-state index in [1.165, 1.54) is 0 Å². The van der Waals surface area contributed by atoms with Crippen LogP contribution in [0.5, 0.6) is 5.75 Å². The van der Waals surface area contributed by atoms with Gasteiger partial charge in [0, 0.05) is 12.6 Å². The maximum atomic E-state index is 12.1. The number of fused-ring (bicyclic) bond motifs is 1. The van der Waals surface area contributed by atoms with Crippen molar-refractivity contribution in [2.24, 2.45) is 11.1 Å². The predicted octanol–water partition coefficient (Wildman–Crippen LogP) is 1.59. The van der Waals surface area contributed by atoms with Crippen LogP contribution in [-0.4, -0.2) is 25.0 Å². The summed E-state index contributed by atoms with van der Waals surface area (Å²) >= 11 is 6.09. The van der Waals surface area contributed by atoms with Crippen molar-refractivity contribution in [1.82, 2.24) is 0 Å². The van der Waals surface area contributed by atoms with Crippen molar-refractivity contribution in [1.29, 1.82) is 0 Å². The number of nitrogens with one attached hydrogen (secondary N) is 2. The van der Waals surface area contributed by atoms with E-state index in [2.05, 4.69) is 10.6 Å². The Balaban J connectivity index is 2.26. The molecule has 0 bridgehead atoms. The summed E-state index contributed by atoms with van der Waals surface area (Å²) in [5.41, 5.74) is 5.77. The van der Waals surface area contributed by atoms with Crippen molar-refractivity contribution in [2.45, 2.75) is 13.8 Å². The summed E-state index contributed by atoms with van der Waals surface area (Å²) in [6, 6.07) is 3.13. The van der Waals surface area contributed by atoms with Crippen LogP contribution in [0, 0.1) is 5.41 Å². The third kappa shape index (κ3) is 2.86. The van der Waals surface area contributed by atoms with E-state index >= 15 is 0 Å². The number of hydrogen-bond acceptors (Lipinski definition) is 4. The number of carbonyl (C=O) groups is 2. The summed E-state index contributed by atoms with van der Waals surface area (Å²) in [6.07, 6.45) is 0. The van der Waals surface area contributed by atoms with E-state index in [0.717, 1.165) is 0 Å². The number of ether oxygens (including phenoxy) is 1. The Morgan fingerprint density at radius 2 is 2.25 bits per heavy atom. The van der Waals surface area contributed by atoms with Crippen LogP contribution in [0.2, 0.25) is 5.02 Å². The first-order valence-electron chi connectivity index (χ1n) is 6.11. The number of hydrogen-bond donors (Lipinski definition) is 3. The van der Waals surface area contributed by atoms with Crippen LogP contribution in [0.25, 0.3) is 0 Å². The Hall–Kier alpha value is -1.79. The third-order valence-electron chi connectivity index (χ3n) is 3.08. The molecule has 1 aromatic rings. The maximum Gasteiger partial charge on any atom is 0.262 e. The molecule has 0 radical (unpaired) electrons. The summed E-state index contributed by atoms with van der Waals surface area (Å²) in [5.74, 6) is -0.00818. The van der Waals surface area contributed by atoms with Crippen LogP contribution in [0.15, 0.2) is 12.1 Å². The van der Waals surface area contributed by atoms with Gasteiger partial charge in [0.25, 0.3) is 5.91 Å². The Kier molecular flexibility index (Phi) is 3.87. The van der Waals surface area contributed by atoms with Gasteiger partial charge in [-0.2, -0.15) is 0 Å². The summed E-state index contributed by atoms with van der Waals surface area (Å²) in [4.78, 5) is 23.3. The van der Waals surface area contributed by atoms with Gasteiger partial charge in [0.2, 0.25) is 5.91 Å². The zero-order chi connectivity index (χ0) is 14.9. The average molecular weight is 298 g/mol. The number of benzene rings is 1. The molecule has 1 heterocycles. The van der Waals surface area contributed by atoms with Gasteiger partial charge in [0.05, 0.1) is 21.8 Å². The van der Waals surface area contributed by atoms with E-state index in [1.54, 1.807) is 26.0 Å². The first-order chi connectivity index (χ1) is 9.33. The molecule has 0 atom stereocenters. The fourth-order valence-corrected chi connectivity index (χ4v) is 1.79. The van der Waals surface area contributed by atoms with E-state index in [-0.39, 0.29) is 25.0 Å². The molecule has 0 unspecified atom stereocenters. The van der Waals surface area contributed by atoms with Crippen molar-refractivity contribution in [3.8, 4) is 5.75 Å². The lowest BCUT2D eigenvalue weighted by atomic mass is 9.92. The van der Waals surface area contributed by atoms with Gasteiger partial charge in [-0.15, -0.1) is 0 Å². The lowest BCUT2D eigenvalue weighted by Crippen LogP contribution is -2.37. The maximum absolute atomic E-state index is 12.1. The summed E-state index contributed by atoms with van der Waals surface area (Å²) < 4.78 is 5.28. The van der Waals surface area contributed by atoms with E-state index in [1.807, 2.05) is 0 Å². The van der Waals surface area contributed by atoms with Gasteiger partial charge in [-0.05, 0) is 19.9 Å². The molecule has 20 heavy (non-hydrogen) atoms. The number of carbonyl (C=O) groups excluding carboxylic acids is 2. The van der Waals surface area contributed by atoms with Crippen molar-refractivity contribution in [3.05, 3.63) is 17.2 Å². The van der Waals surface area contributed by atoms with Gasteiger partial charge >= 0.3 is 0 Å². The van der Waals surface area contributed by atoms with Crippen LogP contribution in [0.4, 0.5) is 11.4 Å². The first kappa shape index (κ1) is 14.6. The summed E-state index contributed by atoms with van der Waals surface area (Å²) in [6.45, 7) is 3.64. The predicted molar refractivity (Wildman–Crippen MR) is 77.0 cm³/mol. The standard InChI is InChI=1S/C13H16ClN3O3/c1-13(2,6-15)12(19)17-8-4-10-9(3-7(8)14)16-11(18)5-20-10/h3-4H,5-6,15H2,1-2H3,(H,16,18)(H,17,19). The zero-order valence-electron chi connectivity index (χ0n) is 11.2. The lowest BCUT2D eigenvalue weighted by molar-refractivity contribution is -0.123. The van der Waals surface area contributed by atoms with Crippen molar-refractivity contribution in [2.75, 3.05) is 23.8 Å². The second-order valence-corrected chi connectivity index (χ2v) is 5.61. The molecular weight excluding hydrogens is 282 g/mol. The van der Waals surface area contributed by atoms with E-state index in [9.17, 15) is 9.59 Å². The van der Waals surface area contributed by atoms with E-state index in [4.69, 9.17) is 22.1 Å². The highest BCUT2D eigenvalue weighted by molar-refractivity contribution is 6.34. The second-order valence-electron chi connectivity index (χ2n) is 5.21. The van der Waals surface area contributed by atoms with Crippen molar-refractivity contribution in [3.63, 3.8) is 0 Å². The van der Waals surface area contributed by atoms with Crippen LogP contribution in [0.3, 0.4) is 0 Å². The van der Waals surface area contributed by atoms with Gasteiger partial charge in [-0.3, -0.25) is 9.59 Å². The molecule has 108 valence electrons. The first-order valence-corrected chi connectivity index (χ1v) is 6.49. The van der Waals surface area contributed by atoms with Crippen LogP contribution >= 0.6 is 11.6 Å². The molecule has 0 fully saturated rings. The smallest absolute Gasteiger partial charge is 0.262 e. The number of anilines is 2. The number of halogens is 1. The van der Waals surface area contributed by atoms with Gasteiger partial charge in [-0.1, -0.05) is 11.6 Å². The summed E-state index contributed by atoms with van der Waals surface area (Å²) in [5, 5.41) is 5.68. The van der Waals surface area contributed by atoms with Crippen LogP contribution in [0.1, 0.15) is 13.8 Å². The molecule has 1 aromatic carbocycles. The van der Waals surface area contributed by atoms with Gasteiger partial charge in [0.1, 0.15) is 5.75 Å². The third-order valence-corrected chi connectivity index (χ3v) is 3.39. The van der Waals surface area contributed by atoms with Crippen molar-refractivity contribution < 1.29 is 14.3 Å². The molecule has 0 saturated heterocycles. The highest BCUT2D eigenvalue weighted by Gasteiger charge is 2.27. The minimum atomic E-state index is -0.700. The largest absolute Gasteiger partial charge is 0.482 e. The molecule has 6 nitrogen and oxygen atoms in total. The van der Waals surface area contributed by atoms with Crippen molar-refractivity contribution >= 4 is 34.8 Å². The number of rotatable bonds is 3. The number of amides is 2.